The highest BCUT2D eigenvalue weighted by atomic mass is 32.1. The summed E-state index contributed by atoms with van der Waals surface area (Å²) in [6.45, 7) is 2.85. The summed E-state index contributed by atoms with van der Waals surface area (Å²) in [5.41, 5.74) is 8.25. The third kappa shape index (κ3) is 2.22. The van der Waals surface area contributed by atoms with E-state index in [1.54, 1.807) is 4.90 Å². The Kier molecular flexibility index (Phi) is 3.31. The van der Waals surface area contributed by atoms with E-state index in [9.17, 15) is 4.79 Å². The molecular weight excluding hydrogens is 274 g/mol. The van der Waals surface area contributed by atoms with E-state index in [-0.39, 0.29) is 12.5 Å². The number of ether oxygens (including phenoxy) is 1. The molecule has 0 saturated heterocycles. The van der Waals surface area contributed by atoms with Crippen molar-refractivity contribution in [3.63, 3.8) is 0 Å². The number of fused-ring (bicyclic) bond motifs is 1. The molecular formula is C14H15N3O2S. The van der Waals surface area contributed by atoms with Crippen molar-refractivity contribution in [2.45, 2.75) is 13.3 Å². The first-order valence-electron chi connectivity index (χ1n) is 6.47. The number of hydrogen-bond acceptors (Lipinski definition) is 5. The third-order valence-corrected chi connectivity index (χ3v) is 3.84. The lowest BCUT2D eigenvalue weighted by Crippen LogP contribution is -2.39. The molecule has 0 unspecified atom stereocenters. The first-order chi connectivity index (χ1) is 9.69. The number of amides is 1. The van der Waals surface area contributed by atoms with Gasteiger partial charge in [-0.1, -0.05) is 6.92 Å². The molecule has 6 heteroatoms. The number of anilines is 2. The average molecular weight is 289 g/mol. The van der Waals surface area contributed by atoms with Gasteiger partial charge < -0.3 is 15.4 Å². The number of rotatable bonds is 3. The Morgan fingerprint density at radius 3 is 3.05 bits per heavy atom. The Labute approximate surface area is 121 Å². The predicted molar refractivity (Wildman–Crippen MR) is 80.1 cm³/mol. The van der Waals surface area contributed by atoms with Crippen LogP contribution in [0.5, 0.6) is 5.75 Å². The molecule has 0 radical (unpaired) electrons. The predicted octanol–water partition coefficient (Wildman–Crippen LogP) is 2.53. The number of thiazole rings is 1. The molecule has 2 N–H and O–H groups in total. The van der Waals surface area contributed by atoms with Crippen LogP contribution in [-0.4, -0.2) is 24.0 Å². The lowest BCUT2D eigenvalue weighted by Gasteiger charge is -2.29. The largest absolute Gasteiger partial charge is 0.482 e. The lowest BCUT2D eigenvalue weighted by molar-refractivity contribution is -0.121. The monoisotopic (exact) mass is 289 g/mol. The minimum atomic E-state index is -0.00529. The number of nitrogens with zero attached hydrogens (tertiary/aromatic N) is 2. The van der Waals surface area contributed by atoms with E-state index >= 15 is 0 Å². The van der Waals surface area contributed by atoms with Gasteiger partial charge in [-0.25, -0.2) is 4.98 Å². The molecule has 0 fully saturated rings. The van der Waals surface area contributed by atoms with Crippen LogP contribution in [0.2, 0.25) is 0 Å². The van der Waals surface area contributed by atoms with Crippen LogP contribution in [-0.2, 0) is 4.79 Å². The molecule has 0 saturated carbocycles. The highest BCUT2D eigenvalue weighted by Gasteiger charge is 2.25. The molecule has 2 aromatic rings. The minimum absolute atomic E-state index is 0.00529. The van der Waals surface area contributed by atoms with Crippen molar-refractivity contribution in [1.29, 1.82) is 0 Å². The van der Waals surface area contributed by atoms with Gasteiger partial charge in [0, 0.05) is 17.5 Å². The van der Waals surface area contributed by atoms with Crippen LogP contribution in [0.4, 0.5) is 10.8 Å². The first-order valence-corrected chi connectivity index (χ1v) is 7.35. The third-order valence-electron chi connectivity index (χ3n) is 3.17. The van der Waals surface area contributed by atoms with Gasteiger partial charge in [-0.2, -0.15) is 0 Å². The zero-order chi connectivity index (χ0) is 14.1. The maximum absolute atomic E-state index is 12.0. The molecule has 3 rings (SSSR count). The fraction of sp³-hybridized carbons (Fsp3) is 0.286. The molecule has 2 heterocycles. The Balaban J connectivity index is 2.03. The Bertz CT molecular complexity index is 654. The molecule has 0 bridgehead atoms. The zero-order valence-electron chi connectivity index (χ0n) is 11.1. The first kappa shape index (κ1) is 12.9. The molecule has 104 valence electrons. The molecule has 1 aliphatic heterocycles. The molecule has 1 aromatic carbocycles. The molecule has 0 aliphatic carbocycles. The number of carbonyl (C=O) groups is 1. The number of carbonyl (C=O) groups excluding carboxylic acids is 1. The van der Waals surface area contributed by atoms with Gasteiger partial charge in [-0.15, -0.1) is 11.3 Å². The second-order valence-corrected chi connectivity index (χ2v) is 5.48. The van der Waals surface area contributed by atoms with Crippen molar-refractivity contribution in [2.75, 3.05) is 23.8 Å². The van der Waals surface area contributed by atoms with E-state index < -0.39 is 0 Å². The van der Waals surface area contributed by atoms with E-state index in [1.807, 2.05) is 30.5 Å². The van der Waals surface area contributed by atoms with Crippen LogP contribution in [0.25, 0.3) is 11.3 Å². The summed E-state index contributed by atoms with van der Waals surface area (Å²) < 4.78 is 5.47. The molecule has 5 nitrogen and oxygen atoms in total. The van der Waals surface area contributed by atoms with Gasteiger partial charge in [0.2, 0.25) is 0 Å². The van der Waals surface area contributed by atoms with Gasteiger partial charge in [-0.05, 0) is 24.6 Å². The Morgan fingerprint density at radius 2 is 2.35 bits per heavy atom. The van der Waals surface area contributed by atoms with Crippen LogP contribution in [0, 0.1) is 0 Å². The number of aromatic nitrogens is 1. The number of nitrogen functional groups attached to an aromatic ring is 1. The summed E-state index contributed by atoms with van der Waals surface area (Å²) in [7, 11) is 0. The Morgan fingerprint density at radius 1 is 1.50 bits per heavy atom. The minimum Gasteiger partial charge on any atom is -0.482 e. The van der Waals surface area contributed by atoms with Crippen molar-refractivity contribution in [1.82, 2.24) is 4.98 Å². The van der Waals surface area contributed by atoms with Crippen LogP contribution < -0.4 is 15.4 Å². The van der Waals surface area contributed by atoms with Crippen molar-refractivity contribution in [2.24, 2.45) is 0 Å². The summed E-state index contributed by atoms with van der Waals surface area (Å²) in [5, 5.41) is 2.45. The number of hydrogen-bond donors (Lipinski definition) is 1. The van der Waals surface area contributed by atoms with Crippen molar-refractivity contribution in [3.8, 4) is 17.0 Å². The molecule has 1 aromatic heterocycles. The lowest BCUT2D eigenvalue weighted by atomic mass is 10.1. The van der Waals surface area contributed by atoms with Crippen molar-refractivity contribution in [3.05, 3.63) is 23.6 Å². The highest BCUT2D eigenvalue weighted by Crippen LogP contribution is 2.36. The maximum Gasteiger partial charge on any atom is 0.265 e. The second kappa shape index (κ2) is 5.13. The smallest absolute Gasteiger partial charge is 0.265 e. The second-order valence-electron chi connectivity index (χ2n) is 4.59. The molecule has 0 spiro atoms. The molecule has 1 amide bonds. The zero-order valence-corrected chi connectivity index (χ0v) is 11.9. The van der Waals surface area contributed by atoms with Crippen LogP contribution >= 0.6 is 11.3 Å². The summed E-state index contributed by atoms with van der Waals surface area (Å²) in [4.78, 5) is 18.0. The molecule has 1 aliphatic rings. The van der Waals surface area contributed by atoms with E-state index in [2.05, 4.69) is 4.98 Å². The van der Waals surface area contributed by atoms with E-state index in [0.29, 0.717) is 11.7 Å². The van der Waals surface area contributed by atoms with E-state index in [0.717, 1.165) is 29.1 Å². The van der Waals surface area contributed by atoms with Gasteiger partial charge in [0.25, 0.3) is 5.91 Å². The number of nitrogens with two attached hydrogens (primary N) is 1. The normalized spacial score (nSPS) is 14.1. The van der Waals surface area contributed by atoms with Crippen LogP contribution in [0.3, 0.4) is 0 Å². The summed E-state index contributed by atoms with van der Waals surface area (Å²) in [6, 6.07) is 5.76. The fourth-order valence-corrected chi connectivity index (χ4v) is 2.82. The quantitative estimate of drug-likeness (QED) is 0.942. The van der Waals surface area contributed by atoms with Gasteiger partial charge in [0.1, 0.15) is 5.75 Å². The van der Waals surface area contributed by atoms with Crippen molar-refractivity contribution < 1.29 is 9.53 Å². The summed E-state index contributed by atoms with van der Waals surface area (Å²) in [5.74, 6) is 0.735. The molecule has 20 heavy (non-hydrogen) atoms. The molecule has 0 atom stereocenters. The number of benzene rings is 1. The van der Waals surface area contributed by atoms with Gasteiger partial charge >= 0.3 is 0 Å². The average Bonchev–Trinajstić information content (AvgIpc) is 2.88. The van der Waals surface area contributed by atoms with Gasteiger partial charge in [0.15, 0.2) is 11.7 Å². The van der Waals surface area contributed by atoms with E-state index in [1.165, 1.54) is 11.3 Å². The maximum atomic E-state index is 12.0. The van der Waals surface area contributed by atoms with Crippen LogP contribution in [0.15, 0.2) is 23.6 Å². The van der Waals surface area contributed by atoms with Gasteiger partial charge in [-0.3, -0.25) is 4.79 Å². The van der Waals surface area contributed by atoms with Crippen LogP contribution in [0.1, 0.15) is 13.3 Å². The van der Waals surface area contributed by atoms with Crippen molar-refractivity contribution >= 4 is 28.1 Å². The highest BCUT2D eigenvalue weighted by molar-refractivity contribution is 7.13. The summed E-state index contributed by atoms with van der Waals surface area (Å²) in [6.07, 6.45) is 0.902. The van der Waals surface area contributed by atoms with Gasteiger partial charge in [0.05, 0.1) is 11.4 Å². The summed E-state index contributed by atoms with van der Waals surface area (Å²) >= 11 is 1.40. The van der Waals surface area contributed by atoms with E-state index in [4.69, 9.17) is 10.5 Å². The Hall–Kier alpha value is -2.08. The standard InChI is InChI=1S/C14H15N3O2S/c1-2-5-17-11-6-9(10-8-20-14(15)16-10)3-4-12(11)19-7-13(17)18/h3-4,6,8H,2,5,7H2,1H3,(H2,15,16). The SMILES string of the molecule is CCCN1C(=O)COc2ccc(-c3csc(N)n3)cc21. The fourth-order valence-electron chi connectivity index (χ4n) is 2.25. The topological polar surface area (TPSA) is 68.5 Å².